The summed E-state index contributed by atoms with van der Waals surface area (Å²) in [5.74, 6) is 0. The smallest absolute Gasteiger partial charge is 0.234 e. The summed E-state index contributed by atoms with van der Waals surface area (Å²) in [5, 5.41) is 10.1. The maximum atomic E-state index is 10.1. The molecular formula is C11H15O2Si. The number of benzene rings is 1. The Hall–Kier alpha value is -0.643. The lowest BCUT2D eigenvalue weighted by atomic mass is 10.2. The molecule has 0 aliphatic rings. The summed E-state index contributed by atoms with van der Waals surface area (Å²) in [5.41, 5.74) is 1.31. The molecule has 2 nitrogen and oxygen atoms in total. The van der Waals surface area contributed by atoms with Gasteiger partial charge in [-0.25, -0.2) is 5.11 Å². The van der Waals surface area contributed by atoms with E-state index in [-0.39, 0.29) is 6.61 Å². The highest BCUT2D eigenvalue weighted by molar-refractivity contribution is 6.26. The zero-order valence-electron chi connectivity index (χ0n) is 8.24. The monoisotopic (exact) mass is 207 g/mol. The highest BCUT2D eigenvalue weighted by Gasteiger charge is 1.94. The lowest BCUT2D eigenvalue weighted by molar-refractivity contribution is 0.178. The molecule has 0 saturated heterocycles. The minimum Gasteiger partial charge on any atom is -0.417 e. The van der Waals surface area contributed by atoms with Gasteiger partial charge in [-0.1, -0.05) is 30.3 Å². The molecule has 0 aromatic heterocycles. The second-order valence-electron chi connectivity index (χ2n) is 3.07. The molecule has 1 aromatic carbocycles. The molecule has 0 fully saturated rings. The highest BCUT2D eigenvalue weighted by atomic mass is 28.2. The molecule has 14 heavy (non-hydrogen) atoms. The minimum absolute atomic E-state index is 0.0190. The molecule has 0 atom stereocenters. The quantitative estimate of drug-likeness (QED) is 0.497. The first kappa shape index (κ1) is 11.4. The van der Waals surface area contributed by atoms with Crippen LogP contribution in [0.4, 0.5) is 0 Å². The van der Waals surface area contributed by atoms with Crippen LogP contribution in [0.5, 0.6) is 0 Å². The molecule has 0 spiro atoms. The van der Waals surface area contributed by atoms with Crippen LogP contribution in [0.2, 0.25) is 0 Å². The van der Waals surface area contributed by atoms with E-state index in [0.29, 0.717) is 9.76 Å². The van der Waals surface area contributed by atoms with Crippen molar-refractivity contribution in [2.24, 2.45) is 0 Å². The van der Waals surface area contributed by atoms with Gasteiger partial charge < -0.3 is 4.43 Å². The van der Waals surface area contributed by atoms with Gasteiger partial charge in [-0.15, -0.1) is 0 Å². The third-order valence-electron chi connectivity index (χ3n) is 1.86. The standard InChI is InChI=1S/C11H15O2Si/c12-8-4-5-9-13-14-10-11-6-2-1-3-7-11/h1-3,6-7H,4-5,8-10H2. The summed E-state index contributed by atoms with van der Waals surface area (Å²) >= 11 is 0. The van der Waals surface area contributed by atoms with Crippen molar-refractivity contribution in [3.05, 3.63) is 35.9 Å². The Labute approximate surface area is 87.9 Å². The van der Waals surface area contributed by atoms with Crippen molar-refractivity contribution >= 4 is 9.76 Å². The van der Waals surface area contributed by atoms with Crippen LogP contribution in [-0.4, -0.2) is 23.0 Å². The number of rotatable bonds is 7. The van der Waals surface area contributed by atoms with E-state index in [1.807, 2.05) is 18.2 Å². The summed E-state index contributed by atoms with van der Waals surface area (Å²) in [6.07, 6.45) is 1.63. The Balaban J connectivity index is 1.99. The highest BCUT2D eigenvalue weighted by Crippen LogP contribution is 1.98. The zero-order chi connectivity index (χ0) is 10.1. The molecule has 0 heterocycles. The molecule has 1 rings (SSSR count). The van der Waals surface area contributed by atoms with E-state index in [0.717, 1.165) is 25.5 Å². The number of unbranched alkanes of at least 4 members (excludes halogenated alkanes) is 1. The lowest BCUT2D eigenvalue weighted by Crippen LogP contribution is -2.04. The fraction of sp³-hybridized carbons (Fsp3) is 0.455. The summed E-state index contributed by atoms with van der Waals surface area (Å²) in [6, 6.07) is 11.3. The van der Waals surface area contributed by atoms with E-state index in [1.54, 1.807) is 0 Å². The second-order valence-corrected chi connectivity index (χ2v) is 4.00. The molecule has 0 aliphatic carbocycles. The van der Waals surface area contributed by atoms with Crippen molar-refractivity contribution in [3.63, 3.8) is 0 Å². The van der Waals surface area contributed by atoms with Gasteiger partial charge in [0.2, 0.25) is 9.76 Å². The first-order valence-electron chi connectivity index (χ1n) is 4.90. The predicted molar refractivity (Wildman–Crippen MR) is 56.6 cm³/mol. The molecular weight excluding hydrogens is 192 g/mol. The summed E-state index contributed by atoms with van der Waals surface area (Å²) in [4.78, 5) is 0. The van der Waals surface area contributed by atoms with Gasteiger partial charge in [-0.2, -0.15) is 0 Å². The van der Waals surface area contributed by atoms with Gasteiger partial charge in [-0.05, 0) is 24.4 Å². The summed E-state index contributed by atoms with van der Waals surface area (Å²) in [7, 11) is 0.519. The summed E-state index contributed by atoms with van der Waals surface area (Å²) < 4.78 is 5.43. The first-order chi connectivity index (χ1) is 6.93. The first-order valence-corrected chi connectivity index (χ1v) is 6.01. The average molecular weight is 207 g/mol. The largest absolute Gasteiger partial charge is 0.417 e. The molecule has 0 saturated carbocycles. The van der Waals surface area contributed by atoms with E-state index in [1.165, 1.54) is 5.56 Å². The van der Waals surface area contributed by atoms with Crippen LogP contribution in [0.15, 0.2) is 30.3 Å². The van der Waals surface area contributed by atoms with Gasteiger partial charge in [0.1, 0.15) is 0 Å². The van der Waals surface area contributed by atoms with Crippen LogP contribution in [0, 0.1) is 0 Å². The van der Waals surface area contributed by atoms with E-state index in [9.17, 15) is 5.11 Å². The Bertz CT molecular complexity index is 226. The van der Waals surface area contributed by atoms with E-state index in [2.05, 4.69) is 12.1 Å². The van der Waals surface area contributed by atoms with E-state index < -0.39 is 0 Å². The molecule has 1 aromatic rings. The van der Waals surface area contributed by atoms with Gasteiger partial charge in [-0.3, -0.25) is 0 Å². The number of hydrogen-bond donors (Lipinski definition) is 0. The molecule has 0 aliphatic heterocycles. The lowest BCUT2D eigenvalue weighted by Gasteiger charge is -2.01. The molecule has 0 unspecified atom stereocenters. The molecule has 3 heteroatoms. The van der Waals surface area contributed by atoms with Gasteiger partial charge in [0.25, 0.3) is 0 Å². The Morgan fingerprint density at radius 1 is 1.14 bits per heavy atom. The van der Waals surface area contributed by atoms with Crippen molar-refractivity contribution < 1.29 is 9.53 Å². The average Bonchev–Trinajstić information content (AvgIpc) is 2.25. The van der Waals surface area contributed by atoms with Gasteiger partial charge >= 0.3 is 0 Å². The summed E-state index contributed by atoms with van der Waals surface area (Å²) in [6.45, 7) is 0.749. The van der Waals surface area contributed by atoms with Crippen molar-refractivity contribution in [3.8, 4) is 0 Å². The van der Waals surface area contributed by atoms with Crippen molar-refractivity contribution in [2.75, 3.05) is 13.2 Å². The van der Waals surface area contributed by atoms with Gasteiger partial charge in [0, 0.05) is 6.61 Å². The van der Waals surface area contributed by atoms with E-state index >= 15 is 0 Å². The van der Waals surface area contributed by atoms with Crippen molar-refractivity contribution in [2.45, 2.75) is 18.9 Å². The van der Waals surface area contributed by atoms with Crippen LogP contribution >= 0.6 is 0 Å². The SMILES string of the molecule is [O]CCCCO[Si]Cc1ccccc1. The molecule has 0 amide bonds. The van der Waals surface area contributed by atoms with E-state index in [4.69, 9.17) is 4.43 Å². The van der Waals surface area contributed by atoms with Crippen LogP contribution in [-0.2, 0) is 15.6 Å². The fourth-order valence-electron chi connectivity index (χ4n) is 1.08. The Morgan fingerprint density at radius 3 is 2.64 bits per heavy atom. The Morgan fingerprint density at radius 2 is 1.93 bits per heavy atom. The maximum absolute atomic E-state index is 10.1. The van der Waals surface area contributed by atoms with Gasteiger partial charge in [0.05, 0.1) is 6.61 Å². The molecule has 0 N–H and O–H groups in total. The normalized spacial score (nSPS) is 10.4. The maximum Gasteiger partial charge on any atom is 0.234 e. The van der Waals surface area contributed by atoms with Crippen LogP contribution in [0.3, 0.4) is 0 Å². The molecule has 3 radical (unpaired) electrons. The van der Waals surface area contributed by atoms with Crippen LogP contribution in [0.1, 0.15) is 18.4 Å². The van der Waals surface area contributed by atoms with Crippen LogP contribution in [0.25, 0.3) is 0 Å². The Kier molecular flexibility index (Phi) is 6.31. The van der Waals surface area contributed by atoms with Crippen molar-refractivity contribution in [1.29, 1.82) is 0 Å². The van der Waals surface area contributed by atoms with Crippen molar-refractivity contribution in [1.82, 2.24) is 0 Å². The second kappa shape index (κ2) is 7.73. The fourth-order valence-corrected chi connectivity index (χ4v) is 1.87. The van der Waals surface area contributed by atoms with Gasteiger partial charge in [0.15, 0.2) is 0 Å². The predicted octanol–water partition coefficient (Wildman–Crippen LogP) is 2.03. The third kappa shape index (κ3) is 5.17. The number of hydrogen-bond acceptors (Lipinski definition) is 1. The molecule has 75 valence electrons. The third-order valence-corrected chi connectivity index (χ3v) is 2.82. The zero-order valence-corrected chi connectivity index (χ0v) is 9.24. The topological polar surface area (TPSA) is 29.1 Å². The molecule has 0 bridgehead atoms. The van der Waals surface area contributed by atoms with Crippen LogP contribution < -0.4 is 0 Å². The minimum atomic E-state index is 0.0190.